The number of nitrogens with zero attached hydrogens (tertiary/aromatic N) is 5. The maximum absolute atomic E-state index is 6.76. The molecule has 1 aliphatic carbocycles. The summed E-state index contributed by atoms with van der Waals surface area (Å²) >= 11 is 8.31. The van der Waals surface area contributed by atoms with E-state index in [9.17, 15) is 0 Å². The van der Waals surface area contributed by atoms with Crippen molar-refractivity contribution in [1.29, 1.82) is 0 Å². The Bertz CT molecular complexity index is 1290. The molecule has 4 aromatic rings. The van der Waals surface area contributed by atoms with Gasteiger partial charge in [-0.05, 0) is 49.4 Å². The summed E-state index contributed by atoms with van der Waals surface area (Å²) < 4.78 is 6.09. The van der Waals surface area contributed by atoms with Gasteiger partial charge >= 0.3 is 0 Å². The summed E-state index contributed by atoms with van der Waals surface area (Å²) in [4.78, 5) is 23.6. The predicted molar refractivity (Wildman–Crippen MR) is 145 cm³/mol. The van der Waals surface area contributed by atoms with Gasteiger partial charge in [-0.15, -0.1) is 0 Å². The molecule has 186 valence electrons. The largest absolute Gasteiger partial charge is 0.493 e. The van der Waals surface area contributed by atoms with E-state index in [1.165, 1.54) is 32.1 Å². The molecule has 5 rings (SSSR count). The number of hydrogen-bond acceptors (Lipinski definition) is 8. The Balaban J connectivity index is 1.45. The molecule has 0 amide bonds. The Morgan fingerprint density at radius 1 is 1.00 bits per heavy atom. The normalized spacial score (nSPS) is 14.1. The molecule has 0 aliphatic heterocycles. The number of anilines is 1. The van der Waals surface area contributed by atoms with Gasteiger partial charge in [0.1, 0.15) is 11.4 Å². The fourth-order valence-electron chi connectivity index (χ4n) is 4.31. The Hall–Kier alpha value is -3.10. The summed E-state index contributed by atoms with van der Waals surface area (Å²) in [7, 11) is 0. The first-order valence-corrected chi connectivity index (χ1v) is 13.7. The van der Waals surface area contributed by atoms with Gasteiger partial charge in [0.15, 0.2) is 11.0 Å². The van der Waals surface area contributed by atoms with Crippen molar-refractivity contribution in [1.82, 2.24) is 24.9 Å². The highest BCUT2D eigenvalue weighted by atomic mass is 35.5. The molecule has 0 bridgehead atoms. The summed E-state index contributed by atoms with van der Waals surface area (Å²) in [6, 6.07) is 7.75. The van der Waals surface area contributed by atoms with Gasteiger partial charge in [0.05, 0.1) is 34.1 Å². The molecule has 0 atom stereocenters. The monoisotopic (exact) mass is 520 g/mol. The predicted octanol–water partition coefficient (Wildman–Crippen LogP) is 7.16. The van der Waals surface area contributed by atoms with Gasteiger partial charge in [0.2, 0.25) is 0 Å². The Kier molecular flexibility index (Phi) is 8.03. The van der Waals surface area contributed by atoms with Gasteiger partial charge in [-0.1, -0.05) is 49.1 Å². The van der Waals surface area contributed by atoms with E-state index < -0.39 is 0 Å². The molecule has 0 unspecified atom stereocenters. The van der Waals surface area contributed by atoms with E-state index in [-0.39, 0.29) is 0 Å². The molecule has 0 spiro atoms. The molecule has 0 radical (unpaired) electrons. The first-order valence-electron chi connectivity index (χ1n) is 12.5. The minimum absolute atomic E-state index is 0.487. The zero-order chi connectivity index (χ0) is 24.7. The van der Waals surface area contributed by atoms with Crippen molar-refractivity contribution in [3.63, 3.8) is 0 Å². The van der Waals surface area contributed by atoms with Crippen LogP contribution in [0, 0.1) is 5.92 Å². The number of benzene rings is 1. The molecule has 9 heteroatoms. The van der Waals surface area contributed by atoms with E-state index in [2.05, 4.69) is 27.2 Å². The van der Waals surface area contributed by atoms with Crippen LogP contribution in [-0.2, 0) is 0 Å². The molecule has 1 fully saturated rings. The fraction of sp³-hybridized carbons (Fsp3) is 0.370. The summed E-state index contributed by atoms with van der Waals surface area (Å²) in [5, 5.41) is 4.78. The van der Waals surface area contributed by atoms with Gasteiger partial charge in [0.25, 0.3) is 0 Å². The van der Waals surface area contributed by atoms with E-state index in [0.717, 1.165) is 46.6 Å². The zero-order valence-electron chi connectivity index (χ0n) is 20.3. The quantitative estimate of drug-likeness (QED) is 0.250. The van der Waals surface area contributed by atoms with E-state index in [1.54, 1.807) is 29.9 Å². The second-order valence-electron chi connectivity index (χ2n) is 8.97. The summed E-state index contributed by atoms with van der Waals surface area (Å²) in [5.41, 5.74) is 2.87. The fourth-order valence-corrected chi connectivity index (χ4v) is 5.38. The third-order valence-electron chi connectivity index (χ3n) is 6.23. The number of thiazole rings is 1. The number of aromatic nitrogens is 5. The molecule has 1 aromatic carbocycles. The van der Waals surface area contributed by atoms with Crippen molar-refractivity contribution in [2.45, 2.75) is 45.4 Å². The van der Waals surface area contributed by atoms with Gasteiger partial charge in [-0.25, -0.2) is 19.9 Å². The van der Waals surface area contributed by atoms with Crippen molar-refractivity contribution in [2.24, 2.45) is 5.92 Å². The lowest BCUT2D eigenvalue weighted by Gasteiger charge is -2.21. The average molecular weight is 521 g/mol. The van der Waals surface area contributed by atoms with Crippen molar-refractivity contribution < 1.29 is 4.74 Å². The van der Waals surface area contributed by atoms with E-state index >= 15 is 0 Å². The molecule has 0 saturated heterocycles. The molecule has 1 saturated carbocycles. The molecular weight excluding hydrogens is 492 g/mol. The molecule has 3 aromatic heterocycles. The van der Waals surface area contributed by atoms with Crippen LogP contribution in [0.5, 0.6) is 5.75 Å². The summed E-state index contributed by atoms with van der Waals surface area (Å²) in [6.07, 6.45) is 14.2. The molecular formula is C27H29ClN6OS. The molecule has 1 aliphatic rings. The van der Waals surface area contributed by atoms with Crippen LogP contribution in [0.4, 0.5) is 5.13 Å². The second kappa shape index (κ2) is 11.8. The lowest BCUT2D eigenvalue weighted by Crippen LogP contribution is -2.15. The average Bonchev–Trinajstić information content (AvgIpc) is 3.41. The van der Waals surface area contributed by atoms with E-state index in [0.29, 0.717) is 28.2 Å². The molecule has 3 heterocycles. The topological polar surface area (TPSA) is 85.7 Å². The van der Waals surface area contributed by atoms with Crippen LogP contribution in [0.3, 0.4) is 0 Å². The third kappa shape index (κ3) is 5.99. The molecule has 1 N–H and O–H groups in total. The smallest absolute Gasteiger partial charge is 0.183 e. The van der Waals surface area contributed by atoms with Gasteiger partial charge < -0.3 is 10.1 Å². The minimum atomic E-state index is 0.487. The number of ether oxygens (including phenoxy) is 1. The number of hydrogen-bond donors (Lipinski definition) is 1. The van der Waals surface area contributed by atoms with Crippen molar-refractivity contribution in [3.05, 3.63) is 54.1 Å². The van der Waals surface area contributed by atoms with Crippen LogP contribution in [0.25, 0.3) is 33.3 Å². The van der Waals surface area contributed by atoms with Crippen LogP contribution in [-0.4, -0.2) is 38.1 Å². The highest BCUT2D eigenvalue weighted by Crippen LogP contribution is 2.35. The third-order valence-corrected chi connectivity index (χ3v) is 7.52. The van der Waals surface area contributed by atoms with Crippen LogP contribution in [0.2, 0.25) is 5.02 Å². The summed E-state index contributed by atoms with van der Waals surface area (Å²) in [6.45, 7) is 3.74. The maximum atomic E-state index is 6.76. The molecule has 7 nitrogen and oxygen atoms in total. The first-order chi connectivity index (χ1) is 17.7. The van der Waals surface area contributed by atoms with Crippen LogP contribution < -0.4 is 10.1 Å². The van der Waals surface area contributed by atoms with Crippen molar-refractivity contribution >= 4 is 28.1 Å². The van der Waals surface area contributed by atoms with Crippen LogP contribution >= 0.6 is 22.9 Å². The number of rotatable bonds is 9. The Labute approximate surface area is 220 Å². The summed E-state index contributed by atoms with van der Waals surface area (Å²) in [5.74, 6) is 1.90. The zero-order valence-corrected chi connectivity index (χ0v) is 21.9. The Morgan fingerprint density at radius 2 is 1.86 bits per heavy atom. The standard InChI is InChI=1S/C27H29ClN6OS/c1-2-10-31-27-32-16-25(36-27)23-14-22(33-26(34-23)24-15-29-11-12-30-24)20-9-8-19(13-21(20)28)35-17-18-6-4-3-5-7-18/h8-9,11-16,18H,2-7,10,17H2,1H3,(H,31,32). The minimum Gasteiger partial charge on any atom is -0.493 e. The van der Waals surface area contributed by atoms with Crippen molar-refractivity contribution in [2.75, 3.05) is 18.5 Å². The van der Waals surface area contributed by atoms with Crippen molar-refractivity contribution in [3.8, 4) is 39.1 Å². The lowest BCUT2D eigenvalue weighted by atomic mass is 9.90. The van der Waals surface area contributed by atoms with Crippen LogP contribution in [0.1, 0.15) is 45.4 Å². The van der Waals surface area contributed by atoms with Gasteiger partial charge in [0, 0.05) is 30.7 Å². The van der Waals surface area contributed by atoms with E-state index in [1.807, 2.05) is 30.5 Å². The second-order valence-corrected chi connectivity index (χ2v) is 10.4. The maximum Gasteiger partial charge on any atom is 0.183 e. The first kappa shape index (κ1) is 24.6. The number of nitrogens with one attached hydrogen (secondary N) is 1. The molecule has 36 heavy (non-hydrogen) atoms. The van der Waals surface area contributed by atoms with Gasteiger partial charge in [-0.3, -0.25) is 4.98 Å². The van der Waals surface area contributed by atoms with Crippen LogP contribution in [0.15, 0.2) is 49.1 Å². The Morgan fingerprint density at radius 3 is 2.64 bits per heavy atom. The van der Waals surface area contributed by atoms with Gasteiger partial charge in [-0.2, -0.15) is 0 Å². The number of halogens is 1. The van der Waals surface area contributed by atoms with E-state index in [4.69, 9.17) is 26.3 Å². The highest BCUT2D eigenvalue weighted by molar-refractivity contribution is 7.18. The SMILES string of the molecule is CCCNc1ncc(-c2cc(-c3ccc(OCC4CCCCC4)cc3Cl)nc(-c3cnccn3)n2)s1. The highest BCUT2D eigenvalue weighted by Gasteiger charge is 2.17. The lowest BCUT2D eigenvalue weighted by molar-refractivity contribution is 0.209.